The first kappa shape index (κ1) is 82.9. The van der Waals surface area contributed by atoms with E-state index in [4.69, 9.17) is 14.9 Å². The van der Waals surface area contributed by atoms with Crippen LogP contribution in [0.25, 0.3) is 0 Å². The molecule has 0 spiro atoms. The van der Waals surface area contributed by atoms with Gasteiger partial charge in [-0.05, 0) is 193 Å². The Hall–Kier alpha value is -6.30. The minimum absolute atomic E-state index is 0.0720. The van der Waals surface area contributed by atoms with Crippen LogP contribution in [0.3, 0.4) is 0 Å². The molecule has 0 aromatic carbocycles. The van der Waals surface area contributed by atoms with Crippen LogP contribution < -0.4 is 0 Å². The standard InChI is InChI=1S/C40H60O2.C20H30O2.C20H32O/c1-3-5-7-9-11-13-15-17-19-21-23-25-27-29-31-33-35-37-39-42-40(41)38-36-34-32-30-28-26-24-22-20-18-16-14-12-10-8-6-4-2;1-2-3-4-5-6-7-8-9-10-11-12-13-14-15-16-17-18-19-20(21)22;1-2-3-4-5-6-7-8-9-10-11-12-13-14-15-16-17-18-19-20-21/h5-8,11-14,17-20,23-26,29-32H,3-4,9-10,15-16,21-22,27-28,33-39H2,1-2H3;3-4,6-7,9-10,12-13,15-16H,2,5,8,11,14,17-19H2,1H3,(H,21,22);3-4,6-7,9-10,12-13,15-16,21H,2,5,8,11,14,17-20H2,1H3/b7-5-,8-6-,13-11-,14-12-,19-17-,20-18-,25-23-,26-24-,31-29-,32-30-;2*4-3-,7-6-,10-9-,13-12-,16-15-. The largest absolute Gasteiger partial charge is 0.481 e. The molecule has 0 bridgehead atoms. The highest BCUT2D eigenvalue weighted by atomic mass is 16.5. The van der Waals surface area contributed by atoms with Crippen LogP contribution in [0.15, 0.2) is 243 Å². The van der Waals surface area contributed by atoms with Crippen LogP contribution in [0.1, 0.15) is 233 Å². The fraction of sp³-hybridized carbons (Fsp3) is 0.475. The molecule has 2 N–H and O–H groups in total. The second kappa shape index (κ2) is 81.9. The molecule has 0 aliphatic carbocycles. The quantitative estimate of drug-likeness (QED) is 0.0360. The minimum atomic E-state index is -0.715. The Morgan fingerprint density at radius 2 is 0.459 bits per heavy atom. The molecule has 0 atom stereocenters. The summed E-state index contributed by atoms with van der Waals surface area (Å²) in [6.07, 6.45) is 118. The Bertz CT molecular complexity index is 2060. The first-order valence-electron chi connectivity index (χ1n) is 33.0. The molecular weight excluding hydrogens is 1040 g/mol. The number of aliphatic carboxylic acids is 1. The van der Waals surface area contributed by atoms with Gasteiger partial charge in [0.1, 0.15) is 0 Å². The van der Waals surface area contributed by atoms with Crippen molar-refractivity contribution in [2.45, 2.75) is 233 Å². The van der Waals surface area contributed by atoms with E-state index in [2.05, 4.69) is 271 Å². The van der Waals surface area contributed by atoms with E-state index in [1.165, 1.54) is 0 Å². The number of carboxylic acids is 1. The summed E-state index contributed by atoms with van der Waals surface area (Å²) < 4.78 is 5.36. The number of hydrogen-bond acceptors (Lipinski definition) is 4. The maximum Gasteiger partial charge on any atom is 0.305 e. The van der Waals surface area contributed by atoms with Gasteiger partial charge in [0.2, 0.25) is 0 Å². The van der Waals surface area contributed by atoms with Crippen molar-refractivity contribution < 1.29 is 24.5 Å². The van der Waals surface area contributed by atoms with Crippen LogP contribution in [-0.4, -0.2) is 35.4 Å². The maximum absolute atomic E-state index is 11.9. The molecule has 0 amide bonds. The second-order valence-electron chi connectivity index (χ2n) is 19.9. The van der Waals surface area contributed by atoms with Crippen LogP contribution in [0.2, 0.25) is 0 Å². The van der Waals surface area contributed by atoms with Crippen LogP contribution in [-0.2, 0) is 14.3 Å². The number of ether oxygens (including phenoxy) is 1. The van der Waals surface area contributed by atoms with Gasteiger partial charge in [-0.3, -0.25) is 9.59 Å². The maximum atomic E-state index is 11.9. The van der Waals surface area contributed by atoms with Crippen molar-refractivity contribution in [2.24, 2.45) is 0 Å². The molecule has 0 aliphatic rings. The second-order valence-corrected chi connectivity index (χ2v) is 19.9. The van der Waals surface area contributed by atoms with E-state index in [9.17, 15) is 9.59 Å². The number of rotatable bonds is 53. The molecule has 472 valence electrons. The van der Waals surface area contributed by atoms with Gasteiger partial charge in [0, 0.05) is 19.4 Å². The average Bonchev–Trinajstić information content (AvgIpc) is 3.50. The van der Waals surface area contributed by atoms with Crippen LogP contribution in [0.4, 0.5) is 0 Å². The monoisotopic (exact) mass is 1160 g/mol. The summed E-state index contributed by atoms with van der Waals surface area (Å²) in [5.74, 6) is -0.787. The van der Waals surface area contributed by atoms with Crippen molar-refractivity contribution in [1.82, 2.24) is 0 Å². The lowest BCUT2D eigenvalue weighted by molar-refractivity contribution is -0.144. The van der Waals surface area contributed by atoms with Crippen molar-refractivity contribution in [3.05, 3.63) is 243 Å². The number of allylic oxidation sites excluding steroid dienone is 40. The topological polar surface area (TPSA) is 83.8 Å². The fourth-order valence-electron chi connectivity index (χ4n) is 7.21. The zero-order chi connectivity index (χ0) is 62.2. The first-order valence-corrected chi connectivity index (χ1v) is 33.0. The van der Waals surface area contributed by atoms with E-state index in [1.807, 2.05) is 0 Å². The molecule has 0 rings (SSSR count). The predicted octanol–water partition coefficient (Wildman–Crippen LogP) is 24.3. The summed E-state index contributed by atoms with van der Waals surface area (Å²) in [5.41, 5.74) is 0. The number of hydrogen-bond donors (Lipinski definition) is 2. The number of aliphatic hydroxyl groups is 1. The Morgan fingerprint density at radius 1 is 0.259 bits per heavy atom. The van der Waals surface area contributed by atoms with Gasteiger partial charge in [-0.1, -0.05) is 271 Å². The van der Waals surface area contributed by atoms with Gasteiger partial charge < -0.3 is 14.9 Å². The van der Waals surface area contributed by atoms with Crippen molar-refractivity contribution in [3.63, 3.8) is 0 Å². The van der Waals surface area contributed by atoms with Gasteiger partial charge in [-0.25, -0.2) is 0 Å². The molecule has 0 radical (unpaired) electrons. The van der Waals surface area contributed by atoms with E-state index in [0.29, 0.717) is 19.6 Å². The number of carbonyl (C=O) groups is 2. The molecule has 85 heavy (non-hydrogen) atoms. The van der Waals surface area contributed by atoms with Gasteiger partial charge in [0.25, 0.3) is 0 Å². The summed E-state index contributed by atoms with van der Waals surface area (Å²) in [7, 11) is 0. The van der Waals surface area contributed by atoms with E-state index in [1.54, 1.807) is 0 Å². The molecule has 0 heterocycles. The van der Waals surface area contributed by atoms with E-state index in [0.717, 1.165) is 193 Å². The molecule has 0 aromatic heterocycles. The van der Waals surface area contributed by atoms with Crippen molar-refractivity contribution >= 4 is 11.9 Å². The van der Waals surface area contributed by atoms with E-state index < -0.39 is 5.97 Å². The third kappa shape index (κ3) is 89.1. The Morgan fingerprint density at radius 3 is 0.682 bits per heavy atom. The van der Waals surface area contributed by atoms with Crippen molar-refractivity contribution in [2.75, 3.05) is 13.2 Å². The highest BCUT2D eigenvalue weighted by Gasteiger charge is 2.01. The zero-order valence-electron chi connectivity index (χ0n) is 54.3. The Kier molecular flexibility index (Phi) is 79.9. The Labute approximate surface area is 523 Å². The highest BCUT2D eigenvalue weighted by Crippen LogP contribution is 2.06. The summed E-state index contributed by atoms with van der Waals surface area (Å²) in [4.78, 5) is 22.2. The van der Waals surface area contributed by atoms with E-state index >= 15 is 0 Å². The summed E-state index contributed by atoms with van der Waals surface area (Å²) in [6, 6.07) is 0. The molecule has 0 saturated heterocycles. The molecular formula is C80H122O5. The minimum Gasteiger partial charge on any atom is -0.481 e. The molecule has 0 aliphatic heterocycles. The summed E-state index contributed by atoms with van der Waals surface area (Å²) in [5, 5.41) is 17.1. The first-order chi connectivity index (χ1) is 42.0. The highest BCUT2D eigenvalue weighted by molar-refractivity contribution is 5.69. The van der Waals surface area contributed by atoms with Gasteiger partial charge in [0.15, 0.2) is 0 Å². The predicted molar refractivity (Wildman–Crippen MR) is 379 cm³/mol. The number of esters is 1. The van der Waals surface area contributed by atoms with Crippen molar-refractivity contribution in [3.8, 4) is 0 Å². The molecule has 0 aromatic rings. The molecule has 5 nitrogen and oxygen atoms in total. The lowest BCUT2D eigenvalue weighted by Gasteiger charge is -2.03. The zero-order valence-corrected chi connectivity index (χ0v) is 54.3. The van der Waals surface area contributed by atoms with Gasteiger partial charge >= 0.3 is 11.9 Å². The number of carbonyl (C=O) groups excluding carboxylic acids is 1. The lowest BCUT2D eigenvalue weighted by atomic mass is 10.2. The molecule has 0 saturated carbocycles. The molecule has 0 fully saturated rings. The summed E-state index contributed by atoms with van der Waals surface area (Å²) in [6.45, 7) is 9.46. The number of carboxylic acid groups (broad SMARTS) is 1. The third-order valence-corrected chi connectivity index (χ3v) is 12.0. The number of aliphatic hydroxyl groups excluding tert-OH is 1. The van der Waals surface area contributed by atoms with Gasteiger partial charge in [-0.15, -0.1) is 0 Å². The van der Waals surface area contributed by atoms with Gasteiger partial charge in [0.05, 0.1) is 6.61 Å². The average molecular weight is 1160 g/mol. The van der Waals surface area contributed by atoms with Gasteiger partial charge in [-0.2, -0.15) is 0 Å². The van der Waals surface area contributed by atoms with Crippen LogP contribution in [0.5, 0.6) is 0 Å². The van der Waals surface area contributed by atoms with E-state index in [-0.39, 0.29) is 12.4 Å². The smallest absolute Gasteiger partial charge is 0.305 e. The third-order valence-electron chi connectivity index (χ3n) is 12.0. The SMILES string of the molecule is CC/C=C\C/C=C\C/C=C\C/C=C\C/C=C\CCCC(=O)O.CC/C=C\C/C=C\C/C=C\C/C=C\C/C=C\CCCCO.CC/C=C\C/C=C\C/C=C\C/C=C\C/C=C\CCCCOC(=O)CCC/C=C\C/C=C\C/C=C\C/C=C\C/C=C\CC. The van der Waals surface area contributed by atoms with Crippen molar-refractivity contribution in [1.29, 1.82) is 0 Å². The molecule has 0 unspecified atom stereocenters. The lowest BCUT2D eigenvalue weighted by Crippen LogP contribution is -2.05. The summed E-state index contributed by atoms with van der Waals surface area (Å²) >= 11 is 0. The Balaban J connectivity index is -0.00000131. The fourth-order valence-corrected chi connectivity index (χ4v) is 7.21. The van der Waals surface area contributed by atoms with Crippen LogP contribution in [0, 0.1) is 0 Å². The molecule has 5 heteroatoms. The van der Waals surface area contributed by atoms with Crippen LogP contribution >= 0.6 is 0 Å². The number of unbranched alkanes of at least 4 members (excludes halogenated alkanes) is 6. The normalized spacial score (nSPS) is 13.1.